The van der Waals surface area contributed by atoms with E-state index in [1.54, 1.807) is 6.26 Å². The van der Waals surface area contributed by atoms with Crippen LogP contribution in [0.4, 0.5) is 0 Å². The van der Waals surface area contributed by atoms with Crippen LogP contribution in [0.15, 0.2) is 11.6 Å². The summed E-state index contributed by atoms with van der Waals surface area (Å²) in [6.45, 7) is 3.22. The Balaban J connectivity index is 3.58. The van der Waals surface area contributed by atoms with Crippen LogP contribution < -0.4 is 0 Å². The van der Waals surface area contributed by atoms with Gasteiger partial charge in [0, 0.05) is 0 Å². The van der Waals surface area contributed by atoms with Gasteiger partial charge in [-0.05, 0) is 6.26 Å². The molecule has 0 aliphatic rings. The van der Waals surface area contributed by atoms with Gasteiger partial charge in [-0.25, -0.2) is 0 Å². The van der Waals surface area contributed by atoms with E-state index in [1.165, 1.54) is 0 Å². The first-order valence-corrected chi connectivity index (χ1v) is 3.21. The summed E-state index contributed by atoms with van der Waals surface area (Å²) in [7, 11) is 0. The number of hydrogen-bond acceptors (Lipinski definition) is 2. The predicted molar refractivity (Wildman–Crippen MR) is 33.5 cm³/mol. The zero-order valence-electron chi connectivity index (χ0n) is 3.90. The average Bonchev–Trinajstić information content (AvgIpc) is 1.65. The van der Waals surface area contributed by atoms with Gasteiger partial charge in [0.2, 0.25) is 5.12 Å². The maximum Gasteiger partial charge on any atom is 0.229 e. The van der Waals surface area contributed by atoms with Crippen molar-refractivity contribution in [3.63, 3.8) is 0 Å². The van der Waals surface area contributed by atoms with Crippen molar-refractivity contribution in [2.45, 2.75) is 0 Å². The van der Waals surface area contributed by atoms with Crippen LogP contribution in [0, 0.1) is 0 Å². The first kappa shape index (κ1) is 7.05. The van der Waals surface area contributed by atoms with Crippen molar-refractivity contribution in [2.75, 3.05) is 6.26 Å². The molecule has 0 aromatic carbocycles. The van der Waals surface area contributed by atoms with Crippen LogP contribution in [-0.4, -0.2) is 11.4 Å². The third kappa shape index (κ3) is 2.71. The molecule has 0 fully saturated rings. The van der Waals surface area contributed by atoms with Gasteiger partial charge in [0.25, 0.3) is 0 Å². The molecule has 0 saturated heterocycles. The maximum absolute atomic E-state index is 10.2. The molecule has 0 atom stereocenters. The minimum Gasteiger partial charge on any atom is -0.281 e. The molecule has 0 amide bonds. The van der Waals surface area contributed by atoms with Crippen LogP contribution in [0.1, 0.15) is 0 Å². The van der Waals surface area contributed by atoms with Crippen molar-refractivity contribution in [3.8, 4) is 0 Å². The molecule has 3 heteroatoms. The van der Waals surface area contributed by atoms with E-state index in [-0.39, 0.29) is 10.1 Å². The lowest BCUT2D eigenvalue weighted by molar-refractivity contribution is -0.107. The molecule has 0 rings (SSSR count). The Morgan fingerprint density at radius 3 is 2.29 bits per heavy atom. The van der Waals surface area contributed by atoms with E-state index in [4.69, 9.17) is 11.6 Å². The number of hydrogen-bond donors (Lipinski definition) is 0. The number of rotatable bonds is 1. The van der Waals surface area contributed by atoms with E-state index < -0.39 is 0 Å². The van der Waals surface area contributed by atoms with Crippen molar-refractivity contribution in [1.29, 1.82) is 0 Å². The minimum atomic E-state index is -0.165. The fourth-order valence-electron chi connectivity index (χ4n) is 0.111. The van der Waals surface area contributed by atoms with Gasteiger partial charge in [-0.3, -0.25) is 4.79 Å². The largest absolute Gasteiger partial charge is 0.281 e. The van der Waals surface area contributed by atoms with Gasteiger partial charge in [0.15, 0.2) is 0 Å². The van der Waals surface area contributed by atoms with Crippen molar-refractivity contribution >= 4 is 28.5 Å². The molecule has 0 radical (unpaired) electrons. The maximum atomic E-state index is 10.2. The molecule has 0 aromatic heterocycles. The van der Waals surface area contributed by atoms with Crippen LogP contribution in [0.2, 0.25) is 0 Å². The van der Waals surface area contributed by atoms with Gasteiger partial charge >= 0.3 is 0 Å². The van der Waals surface area contributed by atoms with Crippen LogP contribution in [0.3, 0.4) is 0 Å². The number of carbonyl (C=O) groups excluding carboxylic acids is 1. The van der Waals surface area contributed by atoms with Gasteiger partial charge in [-0.1, -0.05) is 29.9 Å². The normalized spacial score (nSPS) is 8.29. The molecule has 0 N–H and O–H groups in total. The zero-order chi connectivity index (χ0) is 5.86. The Morgan fingerprint density at radius 1 is 1.86 bits per heavy atom. The molecule has 0 bridgehead atoms. The van der Waals surface area contributed by atoms with Crippen LogP contribution in [0.5, 0.6) is 0 Å². The summed E-state index contributed by atoms with van der Waals surface area (Å²) < 4.78 is 0. The minimum absolute atomic E-state index is 0.0903. The summed E-state index contributed by atoms with van der Waals surface area (Å²) in [5.74, 6) is 0. The summed E-state index contributed by atoms with van der Waals surface area (Å²) in [4.78, 5) is 10.2. The second kappa shape index (κ2) is 3.10. The van der Waals surface area contributed by atoms with Crippen molar-refractivity contribution in [3.05, 3.63) is 11.6 Å². The van der Waals surface area contributed by atoms with E-state index >= 15 is 0 Å². The molecular weight excluding hydrogens is 132 g/mol. The Morgan fingerprint density at radius 2 is 2.29 bits per heavy atom. The highest BCUT2D eigenvalue weighted by atomic mass is 35.5. The molecule has 0 aromatic rings. The first-order valence-electron chi connectivity index (χ1n) is 1.61. The van der Waals surface area contributed by atoms with Gasteiger partial charge < -0.3 is 0 Å². The van der Waals surface area contributed by atoms with Crippen molar-refractivity contribution in [2.24, 2.45) is 0 Å². The highest BCUT2D eigenvalue weighted by molar-refractivity contribution is 8.13. The fourth-order valence-corrected chi connectivity index (χ4v) is 0.564. The molecular formula is C4H5ClOS. The molecule has 40 valence electrons. The van der Waals surface area contributed by atoms with E-state index in [0.717, 1.165) is 11.8 Å². The summed E-state index contributed by atoms with van der Waals surface area (Å²) in [6, 6.07) is 0. The number of carbonyl (C=O) groups is 1. The highest BCUT2D eigenvalue weighted by Crippen LogP contribution is 2.07. The van der Waals surface area contributed by atoms with Crippen molar-refractivity contribution < 1.29 is 4.79 Å². The van der Waals surface area contributed by atoms with Gasteiger partial charge in [-0.2, -0.15) is 0 Å². The molecule has 0 aliphatic carbocycles. The molecule has 0 saturated carbocycles. The lowest BCUT2D eigenvalue weighted by atomic mass is 10.7. The van der Waals surface area contributed by atoms with Crippen LogP contribution in [-0.2, 0) is 4.79 Å². The van der Waals surface area contributed by atoms with Crippen molar-refractivity contribution in [1.82, 2.24) is 0 Å². The second-order valence-electron chi connectivity index (χ2n) is 0.896. The van der Waals surface area contributed by atoms with E-state index in [2.05, 4.69) is 6.58 Å². The SMILES string of the molecule is C=C(Cl)C(=O)SC. The predicted octanol–water partition coefficient (Wildman–Crippen LogP) is 1.63. The van der Waals surface area contributed by atoms with Crippen LogP contribution in [0.25, 0.3) is 0 Å². The molecule has 1 nitrogen and oxygen atoms in total. The Labute approximate surface area is 51.7 Å². The third-order valence-electron chi connectivity index (χ3n) is 0.407. The molecule has 0 aliphatic heterocycles. The van der Waals surface area contributed by atoms with E-state index in [1.807, 2.05) is 0 Å². The summed E-state index contributed by atoms with van der Waals surface area (Å²) >= 11 is 6.23. The number of halogens is 1. The Kier molecular flexibility index (Phi) is 3.13. The summed E-state index contributed by atoms with van der Waals surface area (Å²) in [6.07, 6.45) is 1.66. The van der Waals surface area contributed by atoms with Crippen LogP contribution >= 0.6 is 23.4 Å². The van der Waals surface area contributed by atoms with Gasteiger partial charge in [0.05, 0.1) is 5.03 Å². The Bertz CT molecular complexity index is 99.9. The van der Waals surface area contributed by atoms with Gasteiger partial charge in [0.1, 0.15) is 0 Å². The second-order valence-corrected chi connectivity index (χ2v) is 2.13. The fraction of sp³-hybridized carbons (Fsp3) is 0.250. The summed E-state index contributed by atoms with van der Waals surface area (Å²) in [5, 5.41) is -0.0748. The monoisotopic (exact) mass is 136 g/mol. The third-order valence-corrected chi connectivity index (χ3v) is 1.31. The molecule has 7 heavy (non-hydrogen) atoms. The smallest absolute Gasteiger partial charge is 0.229 e. The van der Waals surface area contributed by atoms with E-state index in [0.29, 0.717) is 0 Å². The summed E-state index contributed by atoms with van der Waals surface area (Å²) in [5.41, 5.74) is 0. The van der Waals surface area contributed by atoms with E-state index in [9.17, 15) is 4.79 Å². The van der Waals surface area contributed by atoms with Gasteiger partial charge in [-0.15, -0.1) is 0 Å². The number of thioether (sulfide) groups is 1. The molecule has 0 unspecified atom stereocenters. The average molecular weight is 137 g/mol. The first-order chi connectivity index (χ1) is 3.18. The Hall–Kier alpha value is 0.0500. The lowest BCUT2D eigenvalue weighted by Gasteiger charge is -1.84. The molecule has 0 heterocycles. The standard InChI is InChI=1S/C4H5ClOS/c1-3(5)4(6)7-2/h1H2,2H3. The highest BCUT2D eigenvalue weighted by Gasteiger charge is 1.97. The quantitative estimate of drug-likeness (QED) is 0.510. The lowest BCUT2D eigenvalue weighted by Crippen LogP contribution is -1.84. The topological polar surface area (TPSA) is 17.1 Å². The molecule has 0 spiro atoms. The zero-order valence-corrected chi connectivity index (χ0v) is 5.47.